The van der Waals surface area contributed by atoms with Crippen LogP contribution in [0, 0.1) is 0 Å². The number of sulfonamides is 1. The van der Waals surface area contributed by atoms with Crippen LogP contribution in [0.2, 0.25) is 0 Å². The van der Waals surface area contributed by atoms with Crippen LogP contribution >= 0.6 is 0 Å². The molecule has 0 atom stereocenters. The number of rotatable bonds is 6. The van der Waals surface area contributed by atoms with Gasteiger partial charge in [0.2, 0.25) is 0 Å². The Hall–Kier alpha value is -3.23. The Balaban J connectivity index is 1.94. The van der Waals surface area contributed by atoms with Crippen molar-refractivity contribution in [2.24, 2.45) is 0 Å². The molecule has 1 fully saturated rings. The minimum Gasteiger partial charge on any atom is -0.368 e. The molecule has 1 saturated heterocycles. The number of hydrogen-bond acceptors (Lipinski definition) is 8. The second-order valence-corrected chi connectivity index (χ2v) is 11.8. The number of benzene rings is 2. The van der Waals surface area contributed by atoms with Gasteiger partial charge in [-0.05, 0) is 35.4 Å². The molecule has 3 aromatic rings. The van der Waals surface area contributed by atoms with Gasteiger partial charge >= 0.3 is 6.18 Å². The van der Waals surface area contributed by atoms with Crippen LogP contribution in [0.5, 0.6) is 0 Å². The lowest BCUT2D eigenvalue weighted by atomic mass is 10.0. The summed E-state index contributed by atoms with van der Waals surface area (Å²) in [7, 11) is -8.23. The lowest BCUT2D eigenvalue weighted by molar-refractivity contribution is -0.139. The number of hydrogen-bond donors (Lipinski definition) is 2. The molecule has 0 bridgehead atoms. The van der Waals surface area contributed by atoms with Crippen molar-refractivity contribution in [3.05, 3.63) is 60.7 Å². The summed E-state index contributed by atoms with van der Waals surface area (Å²) >= 11 is 0. The molecule has 2 heterocycles. The van der Waals surface area contributed by atoms with Crippen molar-refractivity contribution in [3.8, 4) is 11.1 Å². The van der Waals surface area contributed by atoms with E-state index in [1.54, 1.807) is 4.90 Å². The van der Waals surface area contributed by atoms with Crippen molar-refractivity contribution in [2.45, 2.75) is 16.0 Å². The Bertz CT molecular complexity index is 1460. The van der Waals surface area contributed by atoms with E-state index in [-0.39, 0.29) is 34.9 Å². The van der Waals surface area contributed by atoms with Crippen LogP contribution in [0.1, 0.15) is 5.56 Å². The number of nitrogens with one attached hydrogen (secondary N) is 2. The molecular weight excluding hydrogens is 519 g/mol. The highest BCUT2D eigenvalue weighted by molar-refractivity contribution is 7.93. The molecule has 2 aromatic carbocycles. The van der Waals surface area contributed by atoms with Crippen LogP contribution in [-0.2, 0) is 26.0 Å². The first-order chi connectivity index (χ1) is 16.9. The first kappa shape index (κ1) is 25.9. The first-order valence-corrected chi connectivity index (χ1v) is 14.0. The third kappa shape index (κ3) is 5.60. The van der Waals surface area contributed by atoms with E-state index >= 15 is 0 Å². The summed E-state index contributed by atoms with van der Waals surface area (Å²) in [6.45, 7) is 1.47. The van der Waals surface area contributed by atoms with Gasteiger partial charge in [0.15, 0.2) is 9.84 Å². The zero-order valence-electron chi connectivity index (χ0n) is 18.9. The molecule has 9 nitrogen and oxygen atoms in total. The zero-order valence-corrected chi connectivity index (χ0v) is 20.6. The smallest absolute Gasteiger partial charge is 0.368 e. The minimum atomic E-state index is -5.01. The molecule has 0 spiro atoms. The number of nitrogens with zero attached hydrogens (tertiary/aromatic N) is 3. The fourth-order valence-electron chi connectivity index (χ4n) is 3.87. The molecule has 0 aliphatic carbocycles. The van der Waals surface area contributed by atoms with Crippen molar-refractivity contribution in [3.63, 3.8) is 0 Å². The molecule has 14 heteroatoms. The number of aromatic nitrogens is 2. The van der Waals surface area contributed by atoms with E-state index in [2.05, 4.69) is 20.0 Å². The van der Waals surface area contributed by atoms with E-state index < -0.39 is 36.5 Å². The highest BCUT2D eigenvalue weighted by Gasteiger charge is 2.41. The minimum absolute atomic E-state index is 0.0121. The number of piperazine rings is 1. The summed E-state index contributed by atoms with van der Waals surface area (Å²) in [4.78, 5) is 8.09. The number of anilines is 2. The van der Waals surface area contributed by atoms with Gasteiger partial charge in [-0.1, -0.05) is 12.1 Å². The summed E-state index contributed by atoms with van der Waals surface area (Å²) in [5.41, 5.74) is -1.14. The van der Waals surface area contributed by atoms with Crippen molar-refractivity contribution in [2.75, 3.05) is 42.1 Å². The van der Waals surface area contributed by atoms with Gasteiger partial charge < -0.3 is 10.2 Å². The average Bonchev–Trinajstić information content (AvgIpc) is 2.83. The van der Waals surface area contributed by atoms with Crippen LogP contribution in [0.3, 0.4) is 0 Å². The van der Waals surface area contributed by atoms with Gasteiger partial charge in [0.25, 0.3) is 10.0 Å². The maximum atomic E-state index is 14.4. The van der Waals surface area contributed by atoms with Crippen LogP contribution in [0.4, 0.5) is 24.5 Å². The SMILES string of the molecule is CS(=O)(=O)c1ccc(-c2cc(N3CCNCC3)c(S(=O)(=O)Nc3cncnc3)c(C(F)(F)F)c2)cc1. The lowest BCUT2D eigenvalue weighted by Gasteiger charge is -2.32. The molecule has 0 amide bonds. The van der Waals surface area contributed by atoms with Gasteiger partial charge in [-0.15, -0.1) is 0 Å². The molecule has 0 unspecified atom stereocenters. The van der Waals surface area contributed by atoms with Crippen LogP contribution in [0.15, 0.2) is 64.9 Å². The molecule has 0 saturated carbocycles. The normalized spacial score (nSPS) is 15.1. The van der Waals surface area contributed by atoms with Crippen LogP contribution in [0.25, 0.3) is 11.1 Å². The largest absolute Gasteiger partial charge is 0.417 e. The van der Waals surface area contributed by atoms with Gasteiger partial charge in [0.05, 0.1) is 34.2 Å². The van der Waals surface area contributed by atoms with E-state index in [0.29, 0.717) is 18.7 Å². The fraction of sp³-hybridized carbons (Fsp3) is 0.273. The Morgan fingerprint density at radius 3 is 2.11 bits per heavy atom. The summed E-state index contributed by atoms with van der Waals surface area (Å²) in [6.07, 6.45) is -0.547. The van der Waals surface area contributed by atoms with Gasteiger partial charge in [0, 0.05) is 32.4 Å². The van der Waals surface area contributed by atoms with Crippen molar-refractivity contribution in [1.82, 2.24) is 15.3 Å². The van der Waals surface area contributed by atoms with Crippen molar-refractivity contribution in [1.29, 1.82) is 0 Å². The van der Waals surface area contributed by atoms with Crippen LogP contribution in [-0.4, -0.2) is 59.2 Å². The average molecular weight is 542 g/mol. The molecule has 1 aromatic heterocycles. The van der Waals surface area contributed by atoms with Crippen molar-refractivity contribution >= 4 is 31.2 Å². The van der Waals surface area contributed by atoms with E-state index in [0.717, 1.165) is 31.0 Å². The molecule has 1 aliphatic heterocycles. The molecule has 36 heavy (non-hydrogen) atoms. The zero-order chi connectivity index (χ0) is 26.1. The summed E-state index contributed by atoms with van der Waals surface area (Å²) in [5, 5.41) is 3.09. The highest BCUT2D eigenvalue weighted by atomic mass is 32.2. The third-order valence-electron chi connectivity index (χ3n) is 5.53. The predicted octanol–water partition coefficient (Wildman–Crippen LogP) is 2.78. The van der Waals surface area contributed by atoms with Gasteiger partial charge in [-0.3, -0.25) is 4.72 Å². The van der Waals surface area contributed by atoms with E-state index in [1.807, 2.05) is 0 Å². The monoisotopic (exact) mass is 541 g/mol. The Kier molecular flexibility index (Phi) is 6.94. The van der Waals surface area contributed by atoms with E-state index in [4.69, 9.17) is 0 Å². The lowest BCUT2D eigenvalue weighted by Crippen LogP contribution is -2.44. The molecule has 0 radical (unpaired) electrons. The molecule has 1 aliphatic rings. The predicted molar refractivity (Wildman–Crippen MR) is 128 cm³/mol. The second kappa shape index (κ2) is 9.67. The van der Waals surface area contributed by atoms with Crippen LogP contribution < -0.4 is 14.9 Å². The molecule has 4 rings (SSSR count). The number of sulfone groups is 1. The molecule has 2 N–H and O–H groups in total. The maximum Gasteiger partial charge on any atom is 0.417 e. The fourth-order valence-corrected chi connectivity index (χ4v) is 5.94. The topological polar surface area (TPSA) is 121 Å². The third-order valence-corrected chi connectivity index (χ3v) is 8.13. The Morgan fingerprint density at radius 1 is 0.944 bits per heavy atom. The van der Waals surface area contributed by atoms with Crippen molar-refractivity contribution < 1.29 is 30.0 Å². The first-order valence-electron chi connectivity index (χ1n) is 10.7. The number of halogens is 3. The van der Waals surface area contributed by atoms with Gasteiger partial charge in [-0.25, -0.2) is 26.8 Å². The summed E-state index contributed by atoms with van der Waals surface area (Å²) in [5.74, 6) is 0. The quantitative estimate of drug-likeness (QED) is 0.489. The van der Waals surface area contributed by atoms with E-state index in [9.17, 15) is 30.0 Å². The summed E-state index contributed by atoms with van der Waals surface area (Å²) in [6, 6.07) is 7.51. The number of alkyl halides is 3. The molecular formula is C22H22F3N5O4S2. The van der Waals surface area contributed by atoms with Gasteiger partial charge in [-0.2, -0.15) is 13.2 Å². The highest BCUT2D eigenvalue weighted by Crippen LogP contribution is 2.43. The Labute approximate surface area is 206 Å². The summed E-state index contributed by atoms with van der Waals surface area (Å²) < 4.78 is 95.5. The molecule has 192 valence electrons. The van der Waals surface area contributed by atoms with Gasteiger partial charge in [0.1, 0.15) is 11.2 Å². The Morgan fingerprint density at radius 2 is 1.56 bits per heavy atom. The maximum absolute atomic E-state index is 14.4. The second-order valence-electron chi connectivity index (χ2n) is 8.14. The standard InChI is InChI=1S/C22H22F3N5O4S2/c1-35(31,32)18-4-2-15(3-5-18)16-10-19(22(23,24)25)21(20(11-16)30-8-6-26-7-9-30)36(33,34)29-17-12-27-14-28-13-17/h2-5,10-14,26,29H,6-9H2,1H3. The van der Waals surface area contributed by atoms with E-state index in [1.165, 1.54) is 30.3 Å².